The Morgan fingerprint density at radius 2 is 2.18 bits per heavy atom. The van der Waals surface area contributed by atoms with Crippen LogP contribution in [-0.4, -0.2) is 13.2 Å². The van der Waals surface area contributed by atoms with Gasteiger partial charge in [0.05, 0.1) is 12.6 Å². The van der Waals surface area contributed by atoms with Gasteiger partial charge in [-0.1, -0.05) is 11.6 Å². The van der Waals surface area contributed by atoms with Gasteiger partial charge >= 0.3 is 0 Å². The molecule has 0 aliphatic heterocycles. The van der Waals surface area contributed by atoms with E-state index >= 15 is 0 Å². The number of hydrogen-bond acceptors (Lipinski definition) is 3. The van der Waals surface area contributed by atoms with Gasteiger partial charge in [-0.25, -0.2) is 4.79 Å². The summed E-state index contributed by atoms with van der Waals surface area (Å²) in [7, 11) is 1.61. The van der Waals surface area contributed by atoms with Crippen LogP contribution in [0, 0.1) is 6.92 Å². The van der Waals surface area contributed by atoms with Gasteiger partial charge in [-0.3, -0.25) is 0 Å². The number of ether oxygens (including phenoxy) is 1. The zero-order valence-electron chi connectivity index (χ0n) is 9.92. The minimum absolute atomic E-state index is 0.474. The highest BCUT2D eigenvalue weighted by atomic mass is 35.5. The third-order valence-electron chi connectivity index (χ3n) is 3.41. The van der Waals surface area contributed by atoms with Gasteiger partial charge in [0.15, 0.2) is 0 Å². The predicted molar refractivity (Wildman–Crippen MR) is 66.4 cm³/mol. The van der Waals surface area contributed by atoms with Crippen LogP contribution in [-0.2, 0) is 10.3 Å². The van der Waals surface area contributed by atoms with E-state index in [2.05, 4.69) is 4.99 Å². The third kappa shape index (κ3) is 1.97. The number of rotatable bonds is 3. The Labute approximate surface area is 105 Å². The molecular formula is C13H14ClNO2. The second kappa shape index (κ2) is 4.52. The number of halogens is 1. The molecule has 1 fully saturated rings. The van der Waals surface area contributed by atoms with E-state index in [9.17, 15) is 4.79 Å². The van der Waals surface area contributed by atoms with Gasteiger partial charge in [0.2, 0.25) is 6.08 Å². The first-order valence-corrected chi connectivity index (χ1v) is 5.94. The topological polar surface area (TPSA) is 38.7 Å². The molecule has 90 valence electrons. The maximum absolute atomic E-state index is 10.6. The smallest absolute Gasteiger partial charge is 0.235 e. The summed E-state index contributed by atoms with van der Waals surface area (Å²) in [5.74, 6) is 0.745. The number of aryl methyl sites for hydroxylation is 1. The minimum Gasteiger partial charge on any atom is -0.497 e. The summed E-state index contributed by atoms with van der Waals surface area (Å²) in [6.07, 6.45) is 4.41. The van der Waals surface area contributed by atoms with E-state index in [0.29, 0.717) is 5.02 Å². The highest BCUT2D eigenvalue weighted by molar-refractivity contribution is 6.32. The Bertz CT molecular complexity index is 488. The molecule has 3 nitrogen and oxygen atoms in total. The first-order valence-electron chi connectivity index (χ1n) is 5.56. The summed E-state index contributed by atoms with van der Waals surface area (Å²) in [6.45, 7) is 1.92. The van der Waals surface area contributed by atoms with Gasteiger partial charge in [-0.05, 0) is 43.9 Å². The lowest BCUT2D eigenvalue weighted by Gasteiger charge is -2.38. The fourth-order valence-corrected chi connectivity index (χ4v) is 2.52. The van der Waals surface area contributed by atoms with Crippen LogP contribution in [0.4, 0.5) is 0 Å². The summed E-state index contributed by atoms with van der Waals surface area (Å²) in [5, 5.41) is 0.671. The SMILES string of the molecule is COc1cc(C)c(Cl)c(C2(N=C=O)CCC2)c1. The zero-order valence-corrected chi connectivity index (χ0v) is 10.7. The molecule has 0 radical (unpaired) electrons. The molecule has 0 amide bonds. The number of carbonyl (C=O) groups excluding carboxylic acids is 1. The fourth-order valence-electron chi connectivity index (χ4n) is 2.23. The normalized spacial score (nSPS) is 16.9. The van der Waals surface area contributed by atoms with Gasteiger partial charge in [-0.2, -0.15) is 4.99 Å². The highest BCUT2D eigenvalue weighted by Crippen LogP contribution is 2.48. The van der Waals surface area contributed by atoms with E-state index in [0.717, 1.165) is 36.1 Å². The maximum atomic E-state index is 10.6. The third-order valence-corrected chi connectivity index (χ3v) is 3.91. The van der Waals surface area contributed by atoms with E-state index in [-0.39, 0.29) is 0 Å². The van der Waals surface area contributed by atoms with Crippen LogP contribution in [0.25, 0.3) is 0 Å². The minimum atomic E-state index is -0.474. The first-order chi connectivity index (χ1) is 8.13. The van der Waals surface area contributed by atoms with Crippen molar-refractivity contribution >= 4 is 17.7 Å². The van der Waals surface area contributed by atoms with Crippen molar-refractivity contribution < 1.29 is 9.53 Å². The van der Waals surface area contributed by atoms with Crippen molar-refractivity contribution in [2.24, 2.45) is 4.99 Å². The number of benzene rings is 1. The van der Waals surface area contributed by atoms with Crippen LogP contribution in [0.15, 0.2) is 17.1 Å². The van der Waals surface area contributed by atoms with E-state index < -0.39 is 5.54 Å². The highest BCUT2D eigenvalue weighted by Gasteiger charge is 2.41. The molecule has 0 aromatic heterocycles. The molecule has 0 saturated heterocycles. The lowest BCUT2D eigenvalue weighted by molar-refractivity contribution is 0.255. The summed E-state index contributed by atoms with van der Waals surface area (Å²) in [5.41, 5.74) is 1.34. The number of hydrogen-bond donors (Lipinski definition) is 0. The molecule has 1 saturated carbocycles. The first kappa shape index (κ1) is 12.2. The molecule has 4 heteroatoms. The quantitative estimate of drug-likeness (QED) is 0.610. The van der Waals surface area contributed by atoms with Crippen LogP contribution in [0.1, 0.15) is 30.4 Å². The molecule has 1 aliphatic rings. The van der Waals surface area contributed by atoms with Crippen molar-refractivity contribution in [3.8, 4) is 5.75 Å². The Morgan fingerprint density at radius 3 is 2.65 bits per heavy atom. The molecular weight excluding hydrogens is 238 g/mol. The summed E-state index contributed by atoms with van der Waals surface area (Å²) >= 11 is 6.31. The molecule has 1 aliphatic carbocycles. The zero-order chi connectivity index (χ0) is 12.5. The van der Waals surface area contributed by atoms with Gasteiger partial charge in [0, 0.05) is 10.6 Å². The molecule has 2 rings (SSSR count). The molecule has 0 unspecified atom stereocenters. The van der Waals surface area contributed by atoms with Gasteiger partial charge in [0.1, 0.15) is 5.75 Å². The van der Waals surface area contributed by atoms with Crippen LogP contribution in [0.5, 0.6) is 5.75 Å². The molecule has 0 atom stereocenters. The standard InChI is InChI=1S/C13H14ClNO2/c1-9-6-10(17-2)7-11(12(9)14)13(15-8-16)4-3-5-13/h6-7H,3-5H2,1-2H3. The Morgan fingerprint density at radius 1 is 1.47 bits per heavy atom. The molecule has 0 heterocycles. The Kier molecular flexibility index (Phi) is 3.23. The average molecular weight is 252 g/mol. The number of isocyanates is 1. The number of methoxy groups -OCH3 is 1. The lowest BCUT2D eigenvalue weighted by atomic mass is 9.72. The largest absolute Gasteiger partial charge is 0.497 e. The van der Waals surface area contributed by atoms with Crippen LogP contribution >= 0.6 is 11.6 Å². The van der Waals surface area contributed by atoms with Gasteiger partial charge < -0.3 is 4.74 Å². The predicted octanol–water partition coefficient (Wildman–Crippen LogP) is 3.37. The van der Waals surface area contributed by atoms with Crippen LogP contribution in [0.3, 0.4) is 0 Å². The van der Waals surface area contributed by atoms with Crippen LogP contribution in [0.2, 0.25) is 5.02 Å². The summed E-state index contributed by atoms with van der Waals surface area (Å²) < 4.78 is 5.23. The Hall–Kier alpha value is -1.31. The van der Waals surface area contributed by atoms with Crippen LogP contribution < -0.4 is 4.74 Å². The fraction of sp³-hybridized carbons (Fsp3) is 0.462. The maximum Gasteiger partial charge on any atom is 0.235 e. The monoisotopic (exact) mass is 251 g/mol. The number of aliphatic imine (C=N–C) groups is 1. The van der Waals surface area contributed by atoms with E-state index in [1.54, 1.807) is 13.2 Å². The molecule has 0 spiro atoms. The summed E-state index contributed by atoms with van der Waals surface area (Å²) in [4.78, 5) is 14.5. The van der Waals surface area contributed by atoms with E-state index in [1.165, 1.54) is 0 Å². The lowest BCUT2D eigenvalue weighted by Crippen LogP contribution is -2.32. The summed E-state index contributed by atoms with van der Waals surface area (Å²) in [6, 6.07) is 3.75. The van der Waals surface area contributed by atoms with Gasteiger partial charge in [0.25, 0.3) is 0 Å². The van der Waals surface area contributed by atoms with Crippen molar-refractivity contribution in [3.63, 3.8) is 0 Å². The van der Waals surface area contributed by atoms with Crippen molar-refractivity contribution in [2.45, 2.75) is 31.7 Å². The molecule has 0 N–H and O–H groups in total. The molecule has 0 bridgehead atoms. The second-order valence-corrected chi connectivity index (χ2v) is 4.77. The molecule has 1 aromatic carbocycles. The Balaban J connectivity index is 2.57. The van der Waals surface area contributed by atoms with E-state index in [1.807, 2.05) is 19.1 Å². The second-order valence-electron chi connectivity index (χ2n) is 4.39. The van der Waals surface area contributed by atoms with Crippen molar-refractivity contribution in [1.29, 1.82) is 0 Å². The average Bonchev–Trinajstić information content (AvgIpc) is 2.27. The van der Waals surface area contributed by atoms with Crippen molar-refractivity contribution in [1.82, 2.24) is 0 Å². The molecule has 17 heavy (non-hydrogen) atoms. The molecule has 1 aromatic rings. The van der Waals surface area contributed by atoms with E-state index in [4.69, 9.17) is 16.3 Å². The van der Waals surface area contributed by atoms with Crippen molar-refractivity contribution in [3.05, 3.63) is 28.3 Å². The van der Waals surface area contributed by atoms with Gasteiger partial charge in [-0.15, -0.1) is 0 Å². The number of nitrogens with zero attached hydrogens (tertiary/aromatic N) is 1. The van der Waals surface area contributed by atoms with Crippen molar-refractivity contribution in [2.75, 3.05) is 7.11 Å².